The molecule has 0 unspecified atom stereocenters. The second-order valence-corrected chi connectivity index (χ2v) is 7.62. The van der Waals surface area contributed by atoms with E-state index < -0.39 is 17.1 Å². The molecule has 1 fully saturated rings. The maximum Gasteiger partial charge on any atom is 0.294 e. The zero-order valence-electron chi connectivity index (χ0n) is 17.6. The first kappa shape index (κ1) is 22.2. The average molecular weight is 442 g/mol. The monoisotopic (exact) mass is 442 g/mol. The summed E-state index contributed by atoms with van der Waals surface area (Å²) in [5.41, 5.74) is 2.13. The van der Waals surface area contributed by atoms with Gasteiger partial charge in [-0.2, -0.15) is 0 Å². The third kappa shape index (κ3) is 5.00. The van der Waals surface area contributed by atoms with Crippen molar-refractivity contribution >= 4 is 40.6 Å². The summed E-state index contributed by atoms with van der Waals surface area (Å²) in [6.07, 6.45) is 1.51. The normalized spacial score (nSPS) is 14.7. The lowest BCUT2D eigenvalue weighted by atomic mass is 10.1. The summed E-state index contributed by atoms with van der Waals surface area (Å²) in [6.45, 7) is 1.55. The van der Waals surface area contributed by atoms with Crippen LogP contribution in [-0.2, 0) is 9.59 Å². The molecule has 2 aromatic carbocycles. The number of amides is 3. The highest BCUT2D eigenvalue weighted by molar-refractivity contribution is 8.18. The SMILES string of the molecule is COc1cc(OC)c(C=C2SC(=O)N(CC(=O)Nc3ccc(C)cc3)C2=O)c(OC)c1. The third-order valence-corrected chi connectivity index (χ3v) is 5.45. The van der Waals surface area contributed by atoms with Crippen LogP contribution in [0, 0.1) is 6.92 Å². The maximum absolute atomic E-state index is 12.8. The third-order valence-electron chi connectivity index (χ3n) is 4.54. The predicted octanol–water partition coefficient (Wildman–Crippen LogP) is 3.70. The minimum atomic E-state index is -0.561. The van der Waals surface area contributed by atoms with Crippen molar-refractivity contribution < 1.29 is 28.6 Å². The number of benzene rings is 2. The lowest BCUT2D eigenvalue weighted by Crippen LogP contribution is -2.36. The van der Waals surface area contributed by atoms with Crippen LogP contribution in [0.15, 0.2) is 41.3 Å². The van der Waals surface area contributed by atoms with Gasteiger partial charge in [0.05, 0.1) is 31.8 Å². The van der Waals surface area contributed by atoms with E-state index in [9.17, 15) is 14.4 Å². The van der Waals surface area contributed by atoms with Gasteiger partial charge in [-0.3, -0.25) is 19.3 Å². The summed E-state index contributed by atoms with van der Waals surface area (Å²) in [5, 5.41) is 2.16. The zero-order chi connectivity index (χ0) is 22.5. The van der Waals surface area contributed by atoms with Gasteiger partial charge in [0.2, 0.25) is 5.91 Å². The molecule has 0 aromatic heterocycles. The van der Waals surface area contributed by atoms with E-state index >= 15 is 0 Å². The molecule has 1 N–H and O–H groups in total. The molecule has 31 heavy (non-hydrogen) atoms. The minimum Gasteiger partial charge on any atom is -0.496 e. The lowest BCUT2D eigenvalue weighted by molar-refractivity contribution is -0.127. The Labute approximate surface area is 184 Å². The number of ether oxygens (including phenoxy) is 3. The number of hydrogen-bond donors (Lipinski definition) is 1. The van der Waals surface area contributed by atoms with Crippen LogP contribution in [0.25, 0.3) is 6.08 Å². The lowest BCUT2D eigenvalue weighted by Gasteiger charge is -2.13. The Bertz CT molecular complexity index is 1020. The van der Waals surface area contributed by atoms with Crippen LogP contribution < -0.4 is 19.5 Å². The van der Waals surface area contributed by atoms with Gasteiger partial charge in [0.25, 0.3) is 11.1 Å². The van der Waals surface area contributed by atoms with Gasteiger partial charge in [0.15, 0.2) is 0 Å². The number of anilines is 1. The van der Waals surface area contributed by atoms with E-state index in [-0.39, 0.29) is 11.4 Å². The molecule has 8 nitrogen and oxygen atoms in total. The van der Waals surface area contributed by atoms with Gasteiger partial charge in [-0.15, -0.1) is 0 Å². The number of imide groups is 1. The number of carbonyl (C=O) groups excluding carboxylic acids is 3. The van der Waals surface area contributed by atoms with Crippen molar-refractivity contribution in [3.05, 3.63) is 52.4 Å². The largest absolute Gasteiger partial charge is 0.496 e. The molecular formula is C22H22N2O6S. The number of carbonyl (C=O) groups is 3. The summed E-state index contributed by atoms with van der Waals surface area (Å²) in [4.78, 5) is 38.6. The van der Waals surface area contributed by atoms with Crippen LogP contribution in [-0.4, -0.2) is 49.8 Å². The highest BCUT2D eigenvalue weighted by Crippen LogP contribution is 2.39. The fraction of sp³-hybridized carbons (Fsp3) is 0.227. The van der Waals surface area contributed by atoms with Crippen LogP contribution >= 0.6 is 11.8 Å². The molecule has 162 valence electrons. The predicted molar refractivity (Wildman–Crippen MR) is 119 cm³/mol. The molecule has 0 bridgehead atoms. The number of aryl methyl sites for hydroxylation is 1. The second kappa shape index (κ2) is 9.57. The van der Waals surface area contributed by atoms with E-state index in [2.05, 4.69) is 5.32 Å². The summed E-state index contributed by atoms with van der Waals surface area (Å²) in [7, 11) is 4.47. The first-order valence-electron chi connectivity index (χ1n) is 9.28. The Balaban J connectivity index is 1.80. The molecule has 0 atom stereocenters. The average Bonchev–Trinajstić information content (AvgIpc) is 3.02. The van der Waals surface area contributed by atoms with Crippen molar-refractivity contribution in [1.82, 2.24) is 4.90 Å². The quantitative estimate of drug-likeness (QED) is 0.654. The van der Waals surface area contributed by atoms with Gasteiger partial charge in [0.1, 0.15) is 23.8 Å². The van der Waals surface area contributed by atoms with E-state index in [0.29, 0.717) is 28.5 Å². The summed E-state index contributed by atoms with van der Waals surface area (Å²) in [5.74, 6) is 0.327. The Morgan fingerprint density at radius 1 is 1.03 bits per heavy atom. The van der Waals surface area contributed by atoms with Crippen LogP contribution in [0.3, 0.4) is 0 Å². The van der Waals surface area contributed by atoms with E-state index in [1.807, 2.05) is 19.1 Å². The molecule has 0 aliphatic carbocycles. The van der Waals surface area contributed by atoms with Crippen molar-refractivity contribution in [2.24, 2.45) is 0 Å². The fourth-order valence-electron chi connectivity index (χ4n) is 2.92. The molecule has 9 heteroatoms. The van der Waals surface area contributed by atoms with Crippen molar-refractivity contribution in [3.63, 3.8) is 0 Å². The van der Waals surface area contributed by atoms with Gasteiger partial charge >= 0.3 is 0 Å². The molecule has 3 rings (SSSR count). The van der Waals surface area contributed by atoms with Crippen molar-refractivity contribution in [1.29, 1.82) is 0 Å². The Morgan fingerprint density at radius 2 is 1.65 bits per heavy atom. The summed E-state index contributed by atoms with van der Waals surface area (Å²) >= 11 is 0.751. The van der Waals surface area contributed by atoms with Crippen molar-refractivity contribution in [2.75, 3.05) is 33.2 Å². The molecule has 1 aliphatic rings. The molecule has 1 heterocycles. The van der Waals surface area contributed by atoms with Gasteiger partial charge < -0.3 is 19.5 Å². The van der Waals surface area contributed by atoms with E-state index in [1.165, 1.54) is 27.4 Å². The molecular weight excluding hydrogens is 420 g/mol. The second-order valence-electron chi connectivity index (χ2n) is 6.63. The molecule has 1 saturated heterocycles. The van der Waals surface area contributed by atoms with Gasteiger partial charge in [0, 0.05) is 17.8 Å². The minimum absolute atomic E-state index is 0.162. The van der Waals surface area contributed by atoms with Crippen molar-refractivity contribution in [2.45, 2.75) is 6.92 Å². The number of nitrogens with zero attached hydrogens (tertiary/aromatic N) is 1. The summed E-state index contributed by atoms with van der Waals surface area (Å²) in [6, 6.07) is 10.5. The molecule has 3 amide bonds. The maximum atomic E-state index is 12.8. The smallest absolute Gasteiger partial charge is 0.294 e. The number of thioether (sulfide) groups is 1. The molecule has 0 spiro atoms. The van der Waals surface area contributed by atoms with Gasteiger partial charge in [-0.05, 0) is 36.9 Å². The van der Waals surface area contributed by atoms with E-state index in [1.54, 1.807) is 24.3 Å². The zero-order valence-corrected chi connectivity index (χ0v) is 18.4. The Kier molecular flexibility index (Phi) is 6.86. The van der Waals surface area contributed by atoms with Crippen LogP contribution in [0.4, 0.5) is 10.5 Å². The van der Waals surface area contributed by atoms with Crippen LogP contribution in [0.1, 0.15) is 11.1 Å². The first-order valence-corrected chi connectivity index (χ1v) is 10.1. The highest BCUT2D eigenvalue weighted by atomic mass is 32.2. The van der Waals surface area contributed by atoms with Gasteiger partial charge in [-0.25, -0.2) is 0 Å². The molecule has 1 aliphatic heterocycles. The first-order chi connectivity index (χ1) is 14.9. The molecule has 0 radical (unpaired) electrons. The van der Waals surface area contributed by atoms with E-state index in [4.69, 9.17) is 14.2 Å². The summed E-state index contributed by atoms with van der Waals surface area (Å²) < 4.78 is 16.0. The molecule has 0 saturated carbocycles. The molecule has 2 aromatic rings. The highest BCUT2D eigenvalue weighted by Gasteiger charge is 2.36. The van der Waals surface area contributed by atoms with Crippen molar-refractivity contribution in [3.8, 4) is 17.2 Å². The number of nitrogens with one attached hydrogen (secondary N) is 1. The number of methoxy groups -OCH3 is 3. The Hall–Kier alpha value is -3.46. The van der Waals surface area contributed by atoms with Crippen LogP contribution in [0.5, 0.6) is 17.2 Å². The number of rotatable bonds is 7. The number of hydrogen-bond acceptors (Lipinski definition) is 7. The topological polar surface area (TPSA) is 94.2 Å². The Morgan fingerprint density at radius 3 is 2.19 bits per heavy atom. The van der Waals surface area contributed by atoms with Gasteiger partial charge in [-0.1, -0.05) is 17.7 Å². The standard InChI is InChI=1S/C22H22N2O6S/c1-13-5-7-14(8-6-13)23-20(25)12-24-21(26)19(31-22(24)27)11-16-17(29-3)9-15(28-2)10-18(16)30-4/h5-11H,12H2,1-4H3,(H,23,25). The fourth-order valence-corrected chi connectivity index (χ4v) is 3.74. The van der Waals surface area contributed by atoms with Crippen LogP contribution in [0.2, 0.25) is 0 Å². The van der Waals surface area contributed by atoms with E-state index in [0.717, 1.165) is 22.2 Å².